The molecule has 8 heteroatoms. The lowest BCUT2D eigenvalue weighted by Gasteiger charge is -2.30. The van der Waals surface area contributed by atoms with Crippen molar-refractivity contribution in [2.45, 2.75) is 12.5 Å². The van der Waals surface area contributed by atoms with Crippen LogP contribution >= 0.6 is 11.6 Å². The van der Waals surface area contributed by atoms with Gasteiger partial charge in [-0.2, -0.15) is 0 Å². The van der Waals surface area contributed by atoms with Crippen molar-refractivity contribution in [3.63, 3.8) is 0 Å². The van der Waals surface area contributed by atoms with E-state index in [1.54, 1.807) is 24.7 Å². The van der Waals surface area contributed by atoms with Crippen LogP contribution in [0.5, 0.6) is 0 Å². The van der Waals surface area contributed by atoms with Gasteiger partial charge in [0.05, 0.1) is 10.7 Å². The van der Waals surface area contributed by atoms with Gasteiger partial charge < -0.3 is 9.72 Å². The largest absolute Gasteiger partial charge is 0.441 e. The first-order valence-corrected chi connectivity index (χ1v) is 8.38. The fourth-order valence-electron chi connectivity index (χ4n) is 2.84. The van der Waals surface area contributed by atoms with Gasteiger partial charge in [0.1, 0.15) is 11.9 Å². The zero-order valence-corrected chi connectivity index (χ0v) is 14.3. The van der Waals surface area contributed by atoms with E-state index in [4.69, 9.17) is 16.3 Å². The van der Waals surface area contributed by atoms with Crippen LogP contribution in [0.4, 0.5) is 15.1 Å². The van der Waals surface area contributed by atoms with Crippen LogP contribution in [0.2, 0.25) is 5.02 Å². The number of hydrogen-bond acceptors (Lipinski definition) is 4. The Morgan fingerprint density at radius 3 is 2.81 bits per heavy atom. The summed E-state index contributed by atoms with van der Waals surface area (Å²) in [7, 11) is 0. The van der Waals surface area contributed by atoms with E-state index >= 15 is 0 Å². The van der Waals surface area contributed by atoms with E-state index in [1.807, 2.05) is 12.1 Å². The first kappa shape index (κ1) is 16.5. The molecule has 3 heterocycles. The van der Waals surface area contributed by atoms with Crippen LogP contribution in [0.15, 0.2) is 48.9 Å². The standard InChI is InChI=1S/C18H14ClFN4O2/c19-13-2-1-12(9-14(13)20)16-5-8-24(18(25)26-16)17-22-10-15(23-17)11-3-6-21-7-4-11/h1-4,6-7,9-10,16H,5,8H2,(H,22,23). The highest BCUT2D eigenvalue weighted by atomic mass is 35.5. The van der Waals surface area contributed by atoms with E-state index in [2.05, 4.69) is 15.0 Å². The highest BCUT2D eigenvalue weighted by Gasteiger charge is 2.31. The van der Waals surface area contributed by atoms with E-state index in [-0.39, 0.29) is 5.02 Å². The van der Waals surface area contributed by atoms with Gasteiger partial charge in [-0.25, -0.2) is 19.1 Å². The molecule has 1 aromatic carbocycles. The van der Waals surface area contributed by atoms with Crippen molar-refractivity contribution in [1.82, 2.24) is 15.0 Å². The summed E-state index contributed by atoms with van der Waals surface area (Å²) in [5.74, 6) is -0.127. The maximum absolute atomic E-state index is 13.6. The molecule has 1 unspecified atom stereocenters. The predicted octanol–water partition coefficient (Wildman–Crippen LogP) is 4.35. The Morgan fingerprint density at radius 1 is 1.27 bits per heavy atom. The van der Waals surface area contributed by atoms with Crippen LogP contribution in [0.1, 0.15) is 18.1 Å². The number of rotatable bonds is 3. The summed E-state index contributed by atoms with van der Waals surface area (Å²) < 4.78 is 19.1. The van der Waals surface area contributed by atoms with Crippen molar-refractivity contribution in [1.29, 1.82) is 0 Å². The molecule has 1 amide bonds. The highest BCUT2D eigenvalue weighted by Crippen LogP contribution is 2.31. The molecule has 0 bridgehead atoms. The Bertz CT molecular complexity index is 947. The number of carbonyl (C=O) groups is 1. The first-order chi connectivity index (χ1) is 12.6. The van der Waals surface area contributed by atoms with Gasteiger partial charge in [-0.05, 0) is 29.8 Å². The van der Waals surface area contributed by atoms with Gasteiger partial charge in [-0.3, -0.25) is 4.98 Å². The minimum absolute atomic E-state index is 0.0386. The number of cyclic esters (lactones) is 1. The second-order valence-electron chi connectivity index (χ2n) is 5.83. The van der Waals surface area contributed by atoms with Crippen LogP contribution in [-0.2, 0) is 4.74 Å². The molecule has 6 nitrogen and oxygen atoms in total. The number of nitrogens with one attached hydrogen (secondary N) is 1. The number of ether oxygens (including phenoxy) is 1. The lowest BCUT2D eigenvalue weighted by atomic mass is 10.1. The van der Waals surface area contributed by atoms with Gasteiger partial charge >= 0.3 is 6.09 Å². The summed E-state index contributed by atoms with van der Waals surface area (Å²) in [6.45, 7) is 0.400. The molecule has 1 saturated heterocycles. The maximum Gasteiger partial charge on any atom is 0.417 e. The van der Waals surface area contributed by atoms with Gasteiger partial charge in [0, 0.05) is 37.1 Å². The number of aromatic amines is 1. The molecule has 1 aliphatic rings. The zero-order valence-electron chi connectivity index (χ0n) is 13.5. The summed E-state index contributed by atoms with van der Waals surface area (Å²) in [5.41, 5.74) is 2.18. The molecular weight excluding hydrogens is 359 g/mol. The van der Waals surface area contributed by atoms with E-state index in [0.29, 0.717) is 30.2 Å². The summed E-state index contributed by atoms with van der Waals surface area (Å²) in [6.07, 6.45) is 4.53. The van der Waals surface area contributed by atoms with Crippen molar-refractivity contribution in [3.8, 4) is 11.3 Å². The number of pyridine rings is 1. The molecular formula is C18H14ClFN4O2. The van der Waals surface area contributed by atoms with Crippen molar-refractivity contribution in [2.75, 3.05) is 11.4 Å². The number of imidazole rings is 1. The Kier molecular flexibility index (Phi) is 4.30. The SMILES string of the molecule is O=C1OC(c2ccc(Cl)c(F)c2)CCN1c1nc(-c2ccncc2)c[nH]1. The molecule has 26 heavy (non-hydrogen) atoms. The summed E-state index contributed by atoms with van der Waals surface area (Å²) >= 11 is 5.70. The number of anilines is 1. The molecule has 2 aromatic heterocycles. The first-order valence-electron chi connectivity index (χ1n) is 8.01. The lowest BCUT2D eigenvalue weighted by molar-refractivity contribution is 0.0835. The third-order valence-corrected chi connectivity index (χ3v) is 4.50. The number of H-pyrrole nitrogens is 1. The van der Waals surface area contributed by atoms with Gasteiger partial charge in [-0.15, -0.1) is 0 Å². The van der Waals surface area contributed by atoms with Crippen LogP contribution in [0.25, 0.3) is 11.3 Å². The van der Waals surface area contributed by atoms with Crippen LogP contribution in [0.3, 0.4) is 0 Å². The number of carbonyl (C=O) groups excluding carboxylic acids is 1. The van der Waals surface area contributed by atoms with Crippen molar-refractivity contribution in [2.24, 2.45) is 0 Å². The van der Waals surface area contributed by atoms with Crippen molar-refractivity contribution in [3.05, 3.63) is 65.3 Å². The number of amides is 1. The Labute approximate surface area is 153 Å². The normalized spacial score (nSPS) is 17.2. The van der Waals surface area contributed by atoms with Crippen LogP contribution in [-0.4, -0.2) is 27.6 Å². The van der Waals surface area contributed by atoms with Gasteiger partial charge in [0.2, 0.25) is 5.95 Å². The van der Waals surface area contributed by atoms with Gasteiger partial charge in [0.25, 0.3) is 0 Å². The van der Waals surface area contributed by atoms with E-state index in [0.717, 1.165) is 5.56 Å². The van der Waals surface area contributed by atoms with E-state index in [1.165, 1.54) is 17.0 Å². The lowest BCUT2D eigenvalue weighted by Crippen LogP contribution is -2.39. The highest BCUT2D eigenvalue weighted by molar-refractivity contribution is 6.30. The monoisotopic (exact) mass is 372 g/mol. The number of hydrogen-bond donors (Lipinski definition) is 1. The predicted molar refractivity (Wildman–Crippen MR) is 94.4 cm³/mol. The maximum atomic E-state index is 13.6. The van der Waals surface area contributed by atoms with Crippen LogP contribution < -0.4 is 4.90 Å². The molecule has 1 atom stereocenters. The average molecular weight is 373 g/mol. The molecule has 1 N–H and O–H groups in total. The third-order valence-electron chi connectivity index (χ3n) is 4.19. The molecule has 0 aliphatic carbocycles. The second-order valence-corrected chi connectivity index (χ2v) is 6.24. The number of aromatic nitrogens is 3. The van der Waals surface area contributed by atoms with Gasteiger partial charge in [0.15, 0.2) is 0 Å². The minimum atomic E-state index is -0.535. The molecule has 1 aliphatic heterocycles. The number of benzene rings is 1. The zero-order chi connectivity index (χ0) is 18.1. The molecule has 4 rings (SSSR count). The number of nitrogens with zero attached hydrogens (tertiary/aromatic N) is 3. The molecule has 1 fully saturated rings. The van der Waals surface area contributed by atoms with Gasteiger partial charge in [-0.1, -0.05) is 17.7 Å². The minimum Gasteiger partial charge on any atom is -0.441 e. The third kappa shape index (κ3) is 3.13. The fraction of sp³-hybridized carbons (Fsp3) is 0.167. The van der Waals surface area contributed by atoms with E-state index < -0.39 is 18.0 Å². The summed E-state index contributed by atoms with van der Waals surface area (Å²) in [5, 5.41) is 0.0386. The van der Waals surface area contributed by atoms with Crippen LogP contribution in [0, 0.1) is 5.82 Å². The summed E-state index contributed by atoms with van der Waals surface area (Å²) in [4.78, 5) is 25.2. The summed E-state index contributed by atoms with van der Waals surface area (Å²) in [6, 6.07) is 8.08. The molecule has 0 spiro atoms. The number of halogens is 2. The quantitative estimate of drug-likeness (QED) is 0.741. The second kappa shape index (κ2) is 6.76. The Hall–Kier alpha value is -2.93. The molecule has 0 saturated carbocycles. The molecule has 0 radical (unpaired) electrons. The molecule has 3 aromatic rings. The van der Waals surface area contributed by atoms with Crippen molar-refractivity contribution >= 4 is 23.6 Å². The molecule has 132 valence electrons. The Balaban J connectivity index is 1.50. The Morgan fingerprint density at radius 2 is 2.08 bits per heavy atom. The van der Waals surface area contributed by atoms with Crippen molar-refractivity contribution < 1.29 is 13.9 Å². The average Bonchev–Trinajstić information content (AvgIpc) is 3.14. The van der Waals surface area contributed by atoms with E-state index in [9.17, 15) is 9.18 Å². The smallest absolute Gasteiger partial charge is 0.417 e. The fourth-order valence-corrected chi connectivity index (χ4v) is 2.96. The topological polar surface area (TPSA) is 71.1 Å².